The number of para-hydroxylation sites is 2. The van der Waals surface area contributed by atoms with Crippen LogP contribution < -0.4 is 38.7 Å². The van der Waals surface area contributed by atoms with Gasteiger partial charge in [0.25, 0.3) is 0 Å². The van der Waals surface area contributed by atoms with Gasteiger partial charge in [-0.3, -0.25) is 0 Å². The van der Waals surface area contributed by atoms with Crippen LogP contribution in [0.5, 0.6) is 0 Å². The van der Waals surface area contributed by atoms with E-state index >= 15 is 0 Å². The van der Waals surface area contributed by atoms with Gasteiger partial charge in [0.05, 0.1) is 19.0 Å². The standard InChI is InChI=1S/C22H44N3Si3.Na/c1-21(2,3)17-24-19-15-13-14-16-20(19)25(18-22(4,5)6)28(24,27(10,11)12)23-26(7,8)9;/h13-16H,17-18H2,1-12H3;/q-1;+1. The molecule has 0 aliphatic carbocycles. The van der Waals surface area contributed by atoms with E-state index in [-0.39, 0.29) is 40.4 Å². The van der Waals surface area contributed by atoms with Crippen LogP contribution in [0, 0.1) is 10.8 Å². The molecule has 1 heterocycles. The van der Waals surface area contributed by atoms with E-state index in [1.165, 1.54) is 11.4 Å². The van der Waals surface area contributed by atoms with Gasteiger partial charge in [0.1, 0.15) is 8.08 Å². The molecule has 0 amide bonds. The molecule has 3 nitrogen and oxygen atoms in total. The summed E-state index contributed by atoms with van der Waals surface area (Å²) in [5, 5.41) is 0. The van der Waals surface area contributed by atoms with Crippen molar-refractivity contribution in [3.8, 4) is 0 Å². The number of anilines is 2. The van der Waals surface area contributed by atoms with Crippen LogP contribution in [-0.2, 0) is 0 Å². The fourth-order valence-electron chi connectivity index (χ4n) is 4.31. The fraction of sp³-hybridized carbons (Fsp3) is 0.727. The molecule has 0 unspecified atom stereocenters. The van der Waals surface area contributed by atoms with Gasteiger partial charge in [0.15, 0.2) is 0 Å². The number of hydrogen-bond donors (Lipinski definition) is 0. The van der Waals surface area contributed by atoms with Gasteiger partial charge in [-0.05, 0) is 23.0 Å². The van der Waals surface area contributed by atoms with Gasteiger partial charge in [-0.25, -0.2) is 0 Å². The van der Waals surface area contributed by atoms with Crippen molar-refractivity contribution in [1.29, 1.82) is 0 Å². The Labute approximate surface area is 206 Å². The first-order chi connectivity index (χ1) is 12.4. The van der Waals surface area contributed by atoms with Gasteiger partial charge in [-0.1, -0.05) is 101 Å². The van der Waals surface area contributed by atoms with Crippen molar-refractivity contribution in [2.45, 2.75) is 80.8 Å². The smallest absolute Gasteiger partial charge is 0.634 e. The van der Waals surface area contributed by atoms with Gasteiger partial charge in [0, 0.05) is 13.1 Å². The quantitative estimate of drug-likeness (QED) is 0.624. The SMILES string of the molecule is CC(C)(C)CN1c2ccccc2N(CC(C)(C)C)[Si]1([N-][Si](C)(C)C)[Si](C)(C)C.[Na+]. The molecule has 1 aromatic carbocycles. The van der Waals surface area contributed by atoms with Gasteiger partial charge in [0.2, 0.25) is 0 Å². The summed E-state index contributed by atoms with van der Waals surface area (Å²) in [6, 6.07) is 9.14. The van der Waals surface area contributed by atoms with E-state index in [9.17, 15) is 0 Å². The molecule has 0 bridgehead atoms. The normalized spacial score (nSPS) is 17.2. The van der Waals surface area contributed by atoms with E-state index in [4.69, 9.17) is 4.65 Å². The Morgan fingerprint density at radius 2 is 1.10 bits per heavy atom. The second-order valence-corrected chi connectivity index (χ2v) is 31.5. The van der Waals surface area contributed by atoms with Gasteiger partial charge >= 0.3 is 29.6 Å². The molecule has 0 spiro atoms. The van der Waals surface area contributed by atoms with Crippen molar-refractivity contribution in [1.82, 2.24) is 0 Å². The largest absolute Gasteiger partial charge is 1.00 e. The molecule has 1 aliphatic heterocycles. The Kier molecular flexibility index (Phi) is 8.29. The van der Waals surface area contributed by atoms with E-state index < -0.39 is 23.9 Å². The zero-order chi connectivity index (χ0) is 21.8. The Hall–Kier alpha value is 0.431. The molecule has 160 valence electrons. The maximum atomic E-state index is 5.95. The van der Waals surface area contributed by atoms with Crippen molar-refractivity contribution >= 4 is 35.3 Å². The summed E-state index contributed by atoms with van der Waals surface area (Å²) in [6.07, 6.45) is 0. The summed E-state index contributed by atoms with van der Waals surface area (Å²) in [4.78, 5) is 0. The second kappa shape index (κ2) is 8.76. The molecule has 0 aromatic heterocycles. The summed E-state index contributed by atoms with van der Waals surface area (Å²) in [5.74, 6) is 0. The first-order valence-electron chi connectivity index (χ1n) is 10.8. The molecule has 1 aliphatic rings. The molecule has 1 aromatic rings. The molecule has 7 heteroatoms. The van der Waals surface area contributed by atoms with Crippen molar-refractivity contribution in [3.63, 3.8) is 0 Å². The first-order valence-corrected chi connectivity index (χ1v) is 20.5. The molecule has 0 fully saturated rings. The molecule has 2 rings (SSSR count). The van der Waals surface area contributed by atoms with E-state index in [2.05, 4.69) is 114 Å². The monoisotopic (exact) mass is 457 g/mol. The van der Waals surface area contributed by atoms with Crippen LogP contribution in [0.4, 0.5) is 11.4 Å². The molecule has 0 radical (unpaired) electrons. The van der Waals surface area contributed by atoms with Crippen molar-refractivity contribution < 1.29 is 29.6 Å². The van der Waals surface area contributed by atoms with Gasteiger partial charge in [-0.15, -0.1) is 0 Å². The molecule has 29 heavy (non-hydrogen) atoms. The number of benzene rings is 1. The third kappa shape index (κ3) is 6.24. The second-order valence-electron chi connectivity index (χ2n) is 13.0. The minimum atomic E-state index is -2.26. The predicted octanol–water partition coefficient (Wildman–Crippen LogP) is 3.97. The number of nitrogens with zero attached hydrogens (tertiary/aromatic N) is 3. The summed E-state index contributed by atoms with van der Waals surface area (Å²) in [5.41, 5.74) is 3.32. The van der Waals surface area contributed by atoms with Crippen LogP contribution in [0.15, 0.2) is 24.3 Å². The first kappa shape index (κ1) is 27.5. The van der Waals surface area contributed by atoms with Crippen molar-refractivity contribution in [3.05, 3.63) is 28.9 Å². The fourth-order valence-corrected chi connectivity index (χ4v) is 26.8. The van der Waals surface area contributed by atoms with Crippen LogP contribution in [0.1, 0.15) is 41.5 Å². The predicted molar refractivity (Wildman–Crippen MR) is 136 cm³/mol. The molecule has 0 saturated carbocycles. The Balaban J connectivity index is 0.00000420. The molecule has 0 atom stereocenters. The molecule has 0 saturated heterocycles. The summed E-state index contributed by atoms with van der Waals surface area (Å²) >= 11 is 0. The number of fused-ring (bicyclic) bond motifs is 1. The Morgan fingerprint density at radius 1 is 0.759 bits per heavy atom. The average Bonchev–Trinajstić information content (AvgIpc) is 2.66. The maximum absolute atomic E-state index is 5.95. The minimum absolute atomic E-state index is 0. The van der Waals surface area contributed by atoms with Gasteiger partial charge < -0.3 is 13.8 Å². The summed E-state index contributed by atoms with van der Waals surface area (Å²) < 4.78 is 11.6. The van der Waals surface area contributed by atoms with Crippen molar-refractivity contribution in [2.75, 3.05) is 22.2 Å². The van der Waals surface area contributed by atoms with Crippen LogP contribution in [0.3, 0.4) is 0 Å². The minimum Gasteiger partial charge on any atom is -0.634 e. The molecular weight excluding hydrogens is 414 g/mol. The van der Waals surface area contributed by atoms with Crippen LogP contribution in [0.25, 0.3) is 4.65 Å². The van der Waals surface area contributed by atoms with Crippen molar-refractivity contribution in [2.24, 2.45) is 10.8 Å². The number of rotatable bonds is 5. The van der Waals surface area contributed by atoms with Crippen LogP contribution in [0.2, 0.25) is 39.3 Å². The summed E-state index contributed by atoms with van der Waals surface area (Å²) in [7, 11) is -5.55. The van der Waals surface area contributed by atoms with Gasteiger partial charge in [-0.2, -0.15) is 0 Å². The maximum Gasteiger partial charge on any atom is 1.00 e. The third-order valence-corrected chi connectivity index (χ3v) is 21.9. The zero-order valence-corrected chi connectivity index (χ0v) is 26.6. The molecular formula is C22H44N3NaSi3. The van der Waals surface area contributed by atoms with E-state index in [0.29, 0.717) is 0 Å². The number of hydrogen-bond acceptors (Lipinski definition) is 2. The van der Waals surface area contributed by atoms with Crippen LogP contribution >= 0.6 is 0 Å². The van der Waals surface area contributed by atoms with E-state index in [1.807, 2.05) is 0 Å². The van der Waals surface area contributed by atoms with E-state index in [0.717, 1.165) is 13.1 Å². The van der Waals surface area contributed by atoms with Crippen LogP contribution in [-0.4, -0.2) is 37.0 Å². The Morgan fingerprint density at radius 3 is 1.34 bits per heavy atom. The van der Waals surface area contributed by atoms with E-state index in [1.54, 1.807) is 0 Å². The average molecular weight is 458 g/mol. The third-order valence-electron chi connectivity index (χ3n) is 4.98. The topological polar surface area (TPSA) is 20.6 Å². The Bertz CT molecular complexity index is 654. The molecule has 0 N–H and O–H groups in total. The zero-order valence-electron chi connectivity index (χ0n) is 21.6. The summed E-state index contributed by atoms with van der Waals surface area (Å²) in [6.45, 7) is 31.4.